The van der Waals surface area contributed by atoms with E-state index in [1.807, 2.05) is 0 Å². The topological polar surface area (TPSA) is 78.3 Å². The Morgan fingerprint density at radius 3 is 2.54 bits per heavy atom. The molecule has 0 radical (unpaired) electrons. The molecule has 4 nitrogen and oxygen atoms in total. The molecule has 1 aromatic carbocycles. The molecule has 0 saturated carbocycles. The molecular weight excluding hydrogens is 192 g/mol. The van der Waals surface area contributed by atoms with Crippen LogP contribution in [0, 0.1) is 0 Å². The Balaban J connectivity index is 3.23. The number of hydrogen-bond acceptors (Lipinski definition) is 4. The average Bonchev–Trinajstić information content (AvgIpc) is 2.10. The van der Waals surface area contributed by atoms with Gasteiger partial charge in [-0.25, -0.2) is 4.79 Å². The van der Waals surface area contributed by atoms with E-state index in [1.54, 1.807) is 0 Å². The fraction of sp³-hybridized carbons (Fsp3) is 0.125. The van der Waals surface area contributed by atoms with Gasteiger partial charge in [-0.1, -0.05) is 11.6 Å². The maximum atomic E-state index is 11.1. The number of hydrogen-bond donors (Lipinski definition) is 2. The number of nitrogen functional groups attached to an aromatic ring is 2. The Kier molecular flexibility index (Phi) is 2.63. The summed E-state index contributed by atoms with van der Waals surface area (Å²) >= 11 is 5.70. The van der Waals surface area contributed by atoms with Crippen LogP contribution in [-0.4, -0.2) is 13.1 Å². The molecule has 0 fully saturated rings. The van der Waals surface area contributed by atoms with E-state index in [4.69, 9.17) is 23.1 Å². The van der Waals surface area contributed by atoms with Crippen LogP contribution < -0.4 is 11.5 Å². The lowest BCUT2D eigenvalue weighted by Gasteiger charge is -2.05. The van der Waals surface area contributed by atoms with Crippen LogP contribution in [0.4, 0.5) is 11.4 Å². The normalized spacial score (nSPS) is 9.69. The number of carbonyl (C=O) groups is 1. The summed E-state index contributed by atoms with van der Waals surface area (Å²) in [6.45, 7) is 0. The summed E-state index contributed by atoms with van der Waals surface area (Å²) in [5.41, 5.74) is 11.8. The van der Waals surface area contributed by atoms with E-state index in [2.05, 4.69) is 4.74 Å². The largest absolute Gasteiger partial charge is 0.465 e. The third kappa shape index (κ3) is 1.84. The molecular formula is C8H9ClN2O2. The van der Waals surface area contributed by atoms with E-state index >= 15 is 0 Å². The Labute approximate surface area is 80.4 Å². The number of methoxy groups -OCH3 is 1. The number of carbonyl (C=O) groups excluding carboxylic acids is 1. The van der Waals surface area contributed by atoms with E-state index in [1.165, 1.54) is 19.2 Å². The summed E-state index contributed by atoms with van der Waals surface area (Å²) in [6, 6.07) is 2.81. The van der Waals surface area contributed by atoms with Crippen molar-refractivity contribution in [2.45, 2.75) is 0 Å². The Bertz CT molecular complexity index is 352. The van der Waals surface area contributed by atoms with Gasteiger partial charge in [0, 0.05) is 5.69 Å². The van der Waals surface area contributed by atoms with Crippen LogP contribution in [0.3, 0.4) is 0 Å². The summed E-state index contributed by atoms with van der Waals surface area (Å²) in [4.78, 5) is 11.1. The Morgan fingerprint density at radius 2 is 2.00 bits per heavy atom. The van der Waals surface area contributed by atoms with Crippen molar-refractivity contribution in [3.8, 4) is 0 Å². The Hall–Kier alpha value is -1.42. The minimum absolute atomic E-state index is 0.224. The molecule has 0 aliphatic carbocycles. The van der Waals surface area contributed by atoms with E-state index in [9.17, 15) is 4.79 Å². The van der Waals surface area contributed by atoms with Gasteiger partial charge in [0.05, 0.1) is 23.4 Å². The van der Waals surface area contributed by atoms with Crippen LogP contribution in [0.15, 0.2) is 12.1 Å². The molecule has 1 rings (SSSR count). The standard InChI is InChI=1S/C8H9ClN2O2/c1-13-8(12)4-2-5(9)7(11)3-6(4)10/h2-3H,10-11H2,1H3. The number of ether oxygens (including phenoxy) is 1. The lowest BCUT2D eigenvalue weighted by molar-refractivity contribution is 0.0602. The zero-order chi connectivity index (χ0) is 10.0. The fourth-order valence-electron chi connectivity index (χ4n) is 0.894. The third-order valence-corrected chi connectivity index (χ3v) is 1.90. The number of nitrogens with two attached hydrogens (primary N) is 2. The molecule has 13 heavy (non-hydrogen) atoms. The second kappa shape index (κ2) is 3.53. The predicted molar refractivity (Wildman–Crippen MR) is 51.6 cm³/mol. The van der Waals surface area contributed by atoms with Crippen molar-refractivity contribution >= 4 is 28.9 Å². The van der Waals surface area contributed by atoms with Crippen molar-refractivity contribution in [3.63, 3.8) is 0 Å². The second-order valence-electron chi connectivity index (χ2n) is 2.45. The molecule has 0 saturated heterocycles. The van der Waals surface area contributed by atoms with Gasteiger partial charge in [0.2, 0.25) is 0 Å². The summed E-state index contributed by atoms with van der Waals surface area (Å²) in [6.07, 6.45) is 0. The van der Waals surface area contributed by atoms with Gasteiger partial charge in [0.1, 0.15) is 0 Å². The second-order valence-corrected chi connectivity index (χ2v) is 2.86. The molecule has 0 unspecified atom stereocenters. The van der Waals surface area contributed by atoms with Crippen molar-refractivity contribution in [1.29, 1.82) is 0 Å². The maximum absolute atomic E-state index is 11.1. The van der Waals surface area contributed by atoms with Gasteiger partial charge in [0.25, 0.3) is 0 Å². The number of halogens is 1. The van der Waals surface area contributed by atoms with E-state index < -0.39 is 5.97 Å². The predicted octanol–water partition coefficient (Wildman–Crippen LogP) is 1.29. The van der Waals surface area contributed by atoms with Crippen molar-refractivity contribution in [2.24, 2.45) is 0 Å². The highest BCUT2D eigenvalue weighted by molar-refractivity contribution is 6.33. The zero-order valence-corrected chi connectivity index (χ0v) is 7.76. The van der Waals surface area contributed by atoms with Gasteiger partial charge in [-0.2, -0.15) is 0 Å². The first-order chi connectivity index (χ1) is 6.06. The van der Waals surface area contributed by atoms with Crippen LogP contribution in [0.1, 0.15) is 10.4 Å². The van der Waals surface area contributed by atoms with Crippen LogP contribution in [0.25, 0.3) is 0 Å². The van der Waals surface area contributed by atoms with Gasteiger partial charge in [-0.3, -0.25) is 0 Å². The highest BCUT2D eigenvalue weighted by atomic mass is 35.5. The molecule has 0 amide bonds. The van der Waals surface area contributed by atoms with Gasteiger partial charge in [0.15, 0.2) is 0 Å². The van der Waals surface area contributed by atoms with E-state index in [0.717, 1.165) is 0 Å². The summed E-state index contributed by atoms with van der Waals surface area (Å²) < 4.78 is 4.49. The molecule has 0 aromatic heterocycles. The number of anilines is 2. The smallest absolute Gasteiger partial charge is 0.340 e. The number of benzene rings is 1. The van der Waals surface area contributed by atoms with Crippen LogP contribution in [0.5, 0.6) is 0 Å². The lowest BCUT2D eigenvalue weighted by Crippen LogP contribution is -2.06. The summed E-state index contributed by atoms with van der Waals surface area (Å²) in [5, 5.41) is 0.287. The molecule has 5 heteroatoms. The molecule has 1 aromatic rings. The molecule has 0 heterocycles. The van der Waals surface area contributed by atoms with Crippen molar-refractivity contribution in [1.82, 2.24) is 0 Å². The number of rotatable bonds is 1. The van der Waals surface area contributed by atoms with Crippen molar-refractivity contribution in [2.75, 3.05) is 18.6 Å². The monoisotopic (exact) mass is 200 g/mol. The third-order valence-electron chi connectivity index (χ3n) is 1.57. The first-order valence-electron chi connectivity index (χ1n) is 3.49. The Morgan fingerprint density at radius 1 is 1.38 bits per heavy atom. The molecule has 0 aliphatic heterocycles. The van der Waals surface area contributed by atoms with Crippen LogP contribution in [-0.2, 0) is 4.74 Å². The minimum atomic E-state index is -0.528. The van der Waals surface area contributed by atoms with Gasteiger partial charge >= 0.3 is 5.97 Å². The van der Waals surface area contributed by atoms with Crippen molar-refractivity contribution < 1.29 is 9.53 Å². The first kappa shape index (κ1) is 9.67. The molecule has 4 N–H and O–H groups in total. The van der Waals surface area contributed by atoms with Gasteiger partial charge in [-0.05, 0) is 12.1 Å². The van der Waals surface area contributed by atoms with Gasteiger partial charge < -0.3 is 16.2 Å². The van der Waals surface area contributed by atoms with Crippen LogP contribution >= 0.6 is 11.6 Å². The minimum Gasteiger partial charge on any atom is -0.465 e. The van der Waals surface area contributed by atoms with E-state index in [-0.39, 0.29) is 16.3 Å². The SMILES string of the molecule is COC(=O)c1cc(Cl)c(N)cc1N. The van der Waals surface area contributed by atoms with Crippen molar-refractivity contribution in [3.05, 3.63) is 22.7 Å². The van der Waals surface area contributed by atoms with Gasteiger partial charge in [-0.15, -0.1) is 0 Å². The van der Waals surface area contributed by atoms with Crippen LogP contribution in [0.2, 0.25) is 5.02 Å². The molecule has 0 bridgehead atoms. The summed E-state index contributed by atoms with van der Waals surface area (Å²) in [5.74, 6) is -0.528. The lowest BCUT2D eigenvalue weighted by atomic mass is 10.1. The molecule has 0 aliphatic rings. The first-order valence-corrected chi connectivity index (χ1v) is 3.87. The molecule has 70 valence electrons. The quantitative estimate of drug-likeness (QED) is 0.529. The molecule has 0 spiro atoms. The van der Waals surface area contributed by atoms with E-state index in [0.29, 0.717) is 5.69 Å². The zero-order valence-electron chi connectivity index (χ0n) is 7.00. The highest BCUT2D eigenvalue weighted by Gasteiger charge is 2.11. The maximum Gasteiger partial charge on any atom is 0.340 e. The highest BCUT2D eigenvalue weighted by Crippen LogP contribution is 2.25. The summed E-state index contributed by atoms with van der Waals surface area (Å²) in [7, 11) is 1.27. The average molecular weight is 201 g/mol. The number of esters is 1. The molecule has 0 atom stereocenters. The fourth-order valence-corrected chi connectivity index (χ4v) is 1.06.